The second-order valence-electron chi connectivity index (χ2n) is 2.32. The molecule has 0 radical (unpaired) electrons. The summed E-state index contributed by atoms with van der Waals surface area (Å²) in [5.41, 5.74) is -0.957. The Morgan fingerprint density at radius 2 is 2.20 bits per heavy atom. The third-order valence-corrected chi connectivity index (χ3v) is 1.80. The van der Waals surface area contributed by atoms with E-state index >= 15 is 0 Å². The lowest BCUT2D eigenvalue weighted by Crippen LogP contribution is -2.10. The largest absolute Gasteiger partial charge is 0.465 e. The Balaban J connectivity index is 3.33. The van der Waals surface area contributed by atoms with Gasteiger partial charge in [-0.05, 0) is 0 Å². The number of halogens is 2. The number of rotatable bonds is 2. The maximum atomic E-state index is 10.5. The van der Waals surface area contributed by atoms with Crippen LogP contribution in [-0.2, 0) is 0 Å². The lowest BCUT2D eigenvalue weighted by atomic mass is 10.3. The van der Waals surface area contributed by atoms with Crippen molar-refractivity contribution in [2.45, 2.75) is 0 Å². The molecule has 0 saturated carbocycles. The van der Waals surface area contributed by atoms with Gasteiger partial charge < -0.3 is 5.11 Å². The summed E-state index contributed by atoms with van der Waals surface area (Å²) < 4.78 is 0. The zero-order valence-corrected chi connectivity index (χ0v) is 8.41. The van der Waals surface area contributed by atoms with Crippen LogP contribution in [0.4, 0.5) is 16.2 Å². The van der Waals surface area contributed by atoms with E-state index in [-0.39, 0.29) is 10.8 Å². The number of nitrogens with zero attached hydrogens (tertiary/aromatic N) is 2. The molecule has 0 aromatic carbocycles. The first-order chi connectivity index (χ1) is 6.91. The van der Waals surface area contributed by atoms with Crippen LogP contribution in [0.15, 0.2) is 6.07 Å². The Kier molecular flexibility index (Phi) is 3.28. The molecule has 0 atom stereocenters. The van der Waals surface area contributed by atoms with Crippen molar-refractivity contribution >= 4 is 40.7 Å². The maximum absolute atomic E-state index is 10.5. The number of aromatic nitrogens is 1. The van der Waals surface area contributed by atoms with Gasteiger partial charge in [0.15, 0.2) is 0 Å². The topological polar surface area (TPSA) is 105 Å². The van der Waals surface area contributed by atoms with Crippen molar-refractivity contribution < 1.29 is 14.8 Å². The van der Waals surface area contributed by atoms with Crippen LogP contribution in [0.25, 0.3) is 0 Å². The van der Waals surface area contributed by atoms with Crippen molar-refractivity contribution in [2.75, 3.05) is 5.32 Å². The van der Waals surface area contributed by atoms with Crippen molar-refractivity contribution in [2.24, 2.45) is 0 Å². The van der Waals surface area contributed by atoms with Gasteiger partial charge in [-0.15, -0.1) is 0 Å². The number of hydrogen-bond donors (Lipinski definition) is 2. The molecule has 0 aliphatic rings. The first kappa shape index (κ1) is 11.5. The molecule has 1 amide bonds. The van der Waals surface area contributed by atoms with Gasteiger partial charge in [0.1, 0.15) is 10.8 Å². The molecule has 1 rings (SSSR count). The number of anilines is 1. The van der Waals surface area contributed by atoms with E-state index in [1.807, 2.05) is 0 Å². The van der Waals surface area contributed by atoms with Gasteiger partial charge in [-0.3, -0.25) is 15.4 Å². The van der Waals surface area contributed by atoms with Crippen molar-refractivity contribution in [3.05, 3.63) is 26.5 Å². The van der Waals surface area contributed by atoms with Crippen LogP contribution < -0.4 is 5.32 Å². The number of hydrogen-bond acceptors (Lipinski definition) is 4. The van der Waals surface area contributed by atoms with Crippen LogP contribution in [0.1, 0.15) is 0 Å². The van der Waals surface area contributed by atoms with Gasteiger partial charge in [0.05, 0.1) is 4.92 Å². The van der Waals surface area contributed by atoms with Crippen LogP contribution >= 0.6 is 23.2 Å². The molecule has 0 bridgehead atoms. The van der Waals surface area contributed by atoms with E-state index in [9.17, 15) is 14.9 Å². The van der Waals surface area contributed by atoms with E-state index in [0.29, 0.717) is 0 Å². The summed E-state index contributed by atoms with van der Waals surface area (Å²) in [5, 5.41) is 20.1. The fraction of sp³-hybridized carbons (Fsp3) is 0. The molecule has 0 aliphatic heterocycles. The summed E-state index contributed by atoms with van der Waals surface area (Å²) in [4.78, 5) is 23.4. The van der Waals surface area contributed by atoms with E-state index < -0.39 is 21.9 Å². The smallest absolute Gasteiger partial charge is 0.409 e. The van der Waals surface area contributed by atoms with Crippen molar-refractivity contribution in [1.29, 1.82) is 0 Å². The van der Waals surface area contributed by atoms with E-state index in [1.165, 1.54) is 0 Å². The van der Waals surface area contributed by atoms with Crippen molar-refractivity contribution in [3.63, 3.8) is 0 Å². The lowest BCUT2D eigenvalue weighted by Gasteiger charge is -2.03. The SMILES string of the molecule is O=C(O)Nc1cc(Cl)nc(Cl)c1[N+](=O)[O-]. The van der Waals surface area contributed by atoms with E-state index in [1.54, 1.807) is 5.32 Å². The molecule has 1 aromatic heterocycles. The molecule has 1 aromatic rings. The number of carboxylic acid groups (broad SMARTS) is 1. The number of amides is 1. The fourth-order valence-electron chi connectivity index (χ4n) is 0.862. The quantitative estimate of drug-likeness (QED) is 0.477. The fourth-order valence-corrected chi connectivity index (χ4v) is 1.36. The Morgan fingerprint density at radius 3 is 2.67 bits per heavy atom. The second-order valence-corrected chi connectivity index (χ2v) is 3.06. The number of nitrogens with one attached hydrogen (secondary N) is 1. The molecule has 0 saturated heterocycles. The average Bonchev–Trinajstić information content (AvgIpc) is 1.99. The van der Waals surface area contributed by atoms with E-state index in [0.717, 1.165) is 6.07 Å². The van der Waals surface area contributed by atoms with Gasteiger partial charge in [-0.1, -0.05) is 23.2 Å². The van der Waals surface area contributed by atoms with Crippen LogP contribution in [0.3, 0.4) is 0 Å². The molecule has 0 fully saturated rings. The summed E-state index contributed by atoms with van der Waals surface area (Å²) in [6, 6.07) is 1.000. The highest BCUT2D eigenvalue weighted by Gasteiger charge is 2.22. The van der Waals surface area contributed by atoms with Gasteiger partial charge in [0, 0.05) is 6.07 Å². The molecular formula is C6H3Cl2N3O4. The minimum atomic E-state index is -1.46. The zero-order valence-electron chi connectivity index (χ0n) is 6.90. The monoisotopic (exact) mass is 251 g/mol. The third kappa shape index (κ3) is 2.67. The Morgan fingerprint density at radius 1 is 1.60 bits per heavy atom. The van der Waals surface area contributed by atoms with Crippen molar-refractivity contribution in [3.8, 4) is 0 Å². The second kappa shape index (κ2) is 4.28. The highest BCUT2D eigenvalue weighted by atomic mass is 35.5. The molecule has 1 heterocycles. The van der Waals surface area contributed by atoms with Gasteiger partial charge >= 0.3 is 11.8 Å². The predicted molar refractivity (Wildman–Crippen MR) is 52.6 cm³/mol. The summed E-state index contributed by atoms with van der Waals surface area (Å²) in [6.07, 6.45) is -1.46. The average molecular weight is 252 g/mol. The van der Waals surface area contributed by atoms with E-state index in [4.69, 9.17) is 28.3 Å². The van der Waals surface area contributed by atoms with Crippen molar-refractivity contribution in [1.82, 2.24) is 4.98 Å². The molecule has 9 heteroatoms. The molecule has 2 N–H and O–H groups in total. The summed E-state index contributed by atoms with van der Waals surface area (Å²) in [6.45, 7) is 0. The van der Waals surface area contributed by atoms with Crippen LogP contribution in [-0.4, -0.2) is 21.1 Å². The van der Waals surface area contributed by atoms with Crippen LogP contribution in [0.2, 0.25) is 10.3 Å². The number of pyridine rings is 1. The highest BCUT2D eigenvalue weighted by molar-refractivity contribution is 6.34. The standard InChI is InChI=1S/C6H3Cl2N3O4/c7-3-1-2(9-6(12)13)4(11(14)15)5(8)10-3/h1H,(H,9,10)(H,12,13). The minimum absolute atomic E-state index is 0.144. The Hall–Kier alpha value is -1.60. The first-order valence-electron chi connectivity index (χ1n) is 3.42. The normalized spacial score (nSPS) is 9.73. The Bertz CT molecular complexity index is 437. The predicted octanol–water partition coefficient (Wildman–Crippen LogP) is 2.39. The molecule has 0 aliphatic carbocycles. The zero-order chi connectivity index (χ0) is 11.6. The molecule has 0 unspecified atom stereocenters. The molecule has 7 nitrogen and oxygen atoms in total. The third-order valence-electron chi connectivity index (χ3n) is 1.34. The van der Waals surface area contributed by atoms with Crippen LogP contribution in [0.5, 0.6) is 0 Å². The molecule has 15 heavy (non-hydrogen) atoms. The maximum Gasteiger partial charge on any atom is 0.409 e. The first-order valence-corrected chi connectivity index (χ1v) is 4.17. The molecular weight excluding hydrogens is 249 g/mol. The number of carbonyl (C=O) groups is 1. The molecule has 0 spiro atoms. The number of nitro groups is 1. The summed E-state index contributed by atoms with van der Waals surface area (Å²) in [7, 11) is 0. The minimum Gasteiger partial charge on any atom is -0.465 e. The highest BCUT2D eigenvalue weighted by Crippen LogP contribution is 2.33. The summed E-state index contributed by atoms with van der Waals surface area (Å²) in [5.74, 6) is 0. The van der Waals surface area contributed by atoms with Gasteiger partial charge in [-0.2, -0.15) is 0 Å². The van der Waals surface area contributed by atoms with Gasteiger partial charge in [-0.25, -0.2) is 9.78 Å². The van der Waals surface area contributed by atoms with Gasteiger partial charge in [0.2, 0.25) is 5.15 Å². The molecule has 80 valence electrons. The lowest BCUT2D eigenvalue weighted by molar-refractivity contribution is -0.384. The Labute approximate surface area is 92.8 Å². The summed E-state index contributed by atoms with van der Waals surface area (Å²) >= 11 is 10.9. The van der Waals surface area contributed by atoms with Crippen LogP contribution in [0, 0.1) is 10.1 Å². The van der Waals surface area contributed by atoms with E-state index in [2.05, 4.69) is 4.98 Å². The van der Waals surface area contributed by atoms with Gasteiger partial charge in [0.25, 0.3) is 0 Å².